The van der Waals surface area contributed by atoms with Crippen LogP contribution >= 0.6 is 11.6 Å². The van der Waals surface area contributed by atoms with E-state index in [1.807, 2.05) is 6.92 Å². The first kappa shape index (κ1) is 31.4. The summed E-state index contributed by atoms with van der Waals surface area (Å²) >= 11 is 5.82. The second-order valence-corrected chi connectivity index (χ2v) is 9.56. The minimum absolute atomic E-state index is 0.0497. The topological polar surface area (TPSA) is 105 Å². The Kier molecular flexibility index (Phi) is 10.7. The number of aliphatic carboxylic acids is 1. The SMILES string of the molecule is CCCC(c1ccc(C(=O)NCCC(=O)O)cc1)C(C(=O)Nc1ccc(Cl)cc1F)c1ccc(OC(F)(F)F)cc1. The molecule has 3 aromatic rings. The molecule has 0 aliphatic rings. The molecule has 0 saturated carbocycles. The van der Waals surface area contributed by atoms with Gasteiger partial charge in [-0.3, -0.25) is 14.4 Å². The molecule has 41 heavy (non-hydrogen) atoms. The average Bonchev–Trinajstić information content (AvgIpc) is 2.90. The fourth-order valence-electron chi connectivity index (χ4n) is 4.35. The lowest BCUT2D eigenvalue weighted by Crippen LogP contribution is -2.28. The highest BCUT2D eigenvalue weighted by atomic mass is 35.5. The lowest BCUT2D eigenvalue weighted by Gasteiger charge is -2.28. The Hall–Kier alpha value is -4.12. The van der Waals surface area contributed by atoms with E-state index in [-0.39, 0.29) is 29.2 Å². The molecule has 2 atom stereocenters. The van der Waals surface area contributed by atoms with E-state index in [9.17, 15) is 31.9 Å². The first-order valence-corrected chi connectivity index (χ1v) is 13.0. The van der Waals surface area contributed by atoms with Crippen molar-refractivity contribution < 1.29 is 41.8 Å². The fourth-order valence-corrected chi connectivity index (χ4v) is 4.51. The number of hydrogen-bond acceptors (Lipinski definition) is 4. The van der Waals surface area contributed by atoms with Crippen LogP contribution in [0.3, 0.4) is 0 Å². The number of halogens is 5. The van der Waals surface area contributed by atoms with Crippen LogP contribution in [0.5, 0.6) is 5.75 Å². The van der Waals surface area contributed by atoms with E-state index in [0.717, 1.165) is 18.2 Å². The highest BCUT2D eigenvalue weighted by molar-refractivity contribution is 6.30. The maximum atomic E-state index is 14.5. The van der Waals surface area contributed by atoms with E-state index in [4.69, 9.17) is 16.7 Å². The van der Waals surface area contributed by atoms with Crippen molar-refractivity contribution in [3.05, 3.63) is 94.3 Å². The molecule has 0 spiro atoms. The molecule has 0 aromatic heterocycles. The zero-order valence-corrected chi connectivity index (χ0v) is 22.6. The van der Waals surface area contributed by atoms with E-state index in [1.54, 1.807) is 12.1 Å². The molecule has 3 rings (SSSR count). The standard InChI is InChI=1S/C29H27ClF4N2O5/c1-2-3-22(17-4-6-19(7-5-17)27(39)35-15-14-25(37)38)26(18-8-11-21(12-9-18)41-29(32,33)34)28(40)36-24-13-10-20(30)16-23(24)31/h4-13,16,22,26H,2-3,14-15H2,1H3,(H,35,39)(H,36,40)(H,37,38). The van der Waals surface area contributed by atoms with Gasteiger partial charge in [0.2, 0.25) is 5.91 Å². The number of anilines is 1. The van der Waals surface area contributed by atoms with Crippen LogP contribution in [0.2, 0.25) is 5.02 Å². The van der Waals surface area contributed by atoms with Gasteiger partial charge in [-0.1, -0.05) is 49.2 Å². The molecule has 0 radical (unpaired) electrons. The summed E-state index contributed by atoms with van der Waals surface area (Å²) in [5, 5.41) is 14.0. The van der Waals surface area contributed by atoms with Crippen LogP contribution in [0.15, 0.2) is 66.7 Å². The van der Waals surface area contributed by atoms with Crippen molar-refractivity contribution in [3.8, 4) is 5.75 Å². The number of hydrogen-bond donors (Lipinski definition) is 3. The van der Waals surface area contributed by atoms with Gasteiger partial charge < -0.3 is 20.5 Å². The zero-order valence-electron chi connectivity index (χ0n) is 21.8. The van der Waals surface area contributed by atoms with Gasteiger partial charge in [-0.25, -0.2) is 4.39 Å². The molecule has 0 bridgehead atoms. The van der Waals surface area contributed by atoms with Crippen molar-refractivity contribution in [3.63, 3.8) is 0 Å². The molecule has 0 aliphatic heterocycles. The molecule has 0 heterocycles. The highest BCUT2D eigenvalue weighted by Crippen LogP contribution is 2.39. The van der Waals surface area contributed by atoms with E-state index in [1.165, 1.54) is 36.4 Å². The van der Waals surface area contributed by atoms with Gasteiger partial charge in [0.15, 0.2) is 0 Å². The fraction of sp³-hybridized carbons (Fsp3) is 0.276. The number of benzene rings is 3. The Bertz CT molecular complexity index is 1370. The number of rotatable bonds is 12. The van der Waals surface area contributed by atoms with Crippen LogP contribution in [0, 0.1) is 5.82 Å². The number of nitrogens with one attached hydrogen (secondary N) is 2. The van der Waals surface area contributed by atoms with E-state index < -0.39 is 47.5 Å². The van der Waals surface area contributed by atoms with Crippen LogP contribution in [0.4, 0.5) is 23.2 Å². The number of ether oxygens (including phenoxy) is 1. The summed E-state index contributed by atoms with van der Waals surface area (Å²) in [5.74, 6) is -4.85. The van der Waals surface area contributed by atoms with E-state index in [2.05, 4.69) is 15.4 Å². The summed E-state index contributed by atoms with van der Waals surface area (Å²) in [6.45, 7) is 1.84. The maximum absolute atomic E-state index is 14.5. The molecule has 12 heteroatoms. The number of amides is 2. The van der Waals surface area contributed by atoms with Gasteiger partial charge >= 0.3 is 12.3 Å². The molecule has 3 aromatic carbocycles. The number of carbonyl (C=O) groups is 3. The number of carboxylic acids is 1. The number of carboxylic acid groups (broad SMARTS) is 1. The minimum Gasteiger partial charge on any atom is -0.481 e. The van der Waals surface area contributed by atoms with Gasteiger partial charge in [0, 0.05) is 17.1 Å². The molecule has 218 valence electrons. The molecule has 2 unspecified atom stereocenters. The Labute approximate surface area is 238 Å². The van der Waals surface area contributed by atoms with Gasteiger partial charge in [0.25, 0.3) is 5.91 Å². The van der Waals surface area contributed by atoms with Gasteiger partial charge in [-0.2, -0.15) is 0 Å². The maximum Gasteiger partial charge on any atom is 0.573 e. The summed E-state index contributed by atoms with van der Waals surface area (Å²) in [4.78, 5) is 36.7. The van der Waals surface area contributed by atoms with Gasteiger partial charge in [-0.15, -0.1) is 13.2 Å². The largest absolute Gasteiger partial charge is 0.573 e. The molecular formula is C29H27ClF4N2O5. The summed E-state index contributed by atoms with van der Waals surface area (Å²) in [6, 6.07) is 15.0. The first-order chi connectivity index (χ1) is 19.4. The quantitative estimate of drug-likeness (QED) is 0.198. The molecular weight excluding hydrogens is 568 g/mol. The van der Waals surface area contributed by atoms with Crippen molar-refractivity contribution in [2.45, 2.75) is 44.4 Å². The summed E-state index contributed by atoms with van der Waals surface area (Å²) in [6.07, 6.45) is -4.04. The van der Waals surface area contributed by atoms with E-state index in [0.29, 0.717) is 24.0 Å². The van der Waals surface area contributed by atoms with Crippen LogP contribution in [-0.4, -0.2) is 35.8 Å². The van der Waals surface area contributed by atoms with Crippen LogP contribution in [0.25, 0.3) is 0 Å². The van der Waals surface area contributed by atoms with E-state index >= 15 is 0 Å². The highest BCUT2D eigenvalue weighted by Gasteiger charge is 2.33. The van der Waals surface area contributed by atoms with Crippen molar-refractivity contribution in [1.82, 2.24) is 5.32 Å². The van der Waals surface area contributed by atoms with Crippen molar-refractivity contribution in [2.75, 3.05) is 11.9 Å². The molecule has 2 amide bonds. The van der Waals surface area contributed by atoms with Gasteiger partial charge in [0.1, 0.15) is 11.6 Å². The third kappa shape index (κ3) is 9.21. The lowest BCUT2D eigenvalue weighted by atomic mass is 9.78. The molecule has 3 N–H and O–H groups in total. The number of carbonyl (C=O) groups excluding carboxylic acids is 2. The second kappa shape index (κ2) is 14.0. The third-order valence-electron chi connectivity index (χ3n) is 6.17. The minimum atomic E-state index is -4.89. The second-order valence-electron chi connectivity index (χ2n) is 9.12. The Balaban J connectivity index is 1.96. The molecule has 7 nitrogen and oxygen atoms in total. The molecule has 0 aliphatic carbocycles. The zero-order chi connectivity index (χ0) is 30.2. The van der Waals surface area contributed by atoms with Crippen LogP contribution in [0.1, 0.15) is 59.5 Å². The first-order valence-electron chi connectivity index (χ1n) is 12.6. The predicted octanol–water partition coefficient (Wildman–Crippen LogP) is 6.89. The Morgan fingerprint density at radius 1 is 0.976 bits per heavy atom. The van der Waals surface area contributed by atoms with Gasteiger partial charge in [0.05, 0.1) is 18.0 Å². The monoisotopic (exact) mass is 594 g/mol. The normalized spacial score (nSPS) is 12.7. The molecule has 0 fully saturated rings. The van der Waals surface area contributed by atoms with Gasteiger partial charge in [-0.05, 0) is 65.9 Å². The summed E-state index contributed by atoms with van der Waals surface area (Å²) < 4.78 is 56.6. The smallest absolute Gasteiger partial charge is 0.481 e. The average molecular weight is 595 g/mol. The van der Waals surface area contributed by atoms with Crippen molar-refractivity contribution in [1.29, 1.82) is 0 Å². The third-order valence-corrected chi connectivity index (χ3v) is 6.41. The summed E-state index contributed by atoms with van der Waals surface area (Å²) in [7, 11) is 0. The summed E-state index contributed by atoms with van der Waals surface area (Å²) in [5.41, 5.74) is 1.17. The van der Waals surface area contributed by atoms with Crippen molar-refractivity contribution >= 4 is 35.1 Å². The van der Waals surface area contributed by atoms with Crippen molar-refractivity contribution in [2.24, 2.45) is 0 Å². The van der Waals surface area contributed by atoms with Crippen LogP contribution in [-0.2, 0) is 9.59 Å². The Morgan fingerprint density at radius 2 is 1.61 bits per heavy atom. The Morgan fingerprint density at radius 3 is 2.17 bits per heavy atom. The van der Waals surface area contributed by atoms with Crippen LogP contribution < -0.4 is 15.4 Å². The number of alkyl halides is 3. The molecule has 0 saturated heterocycles. The predicted molar refractivity (Wildman–Crippen MR) is 145 cm³/mol. The lowest BCUT2D eigenvalue weighted by molar-refractivity contribution is -0.274.